The second kappa shape index (κ2) is 6.27. The van der Waals surface area contributed by atoms with Crippen molar-refractivity contribution >= 4 is 5.91 Å². The lowest BCUT2D eigenvalue weighted by Gasteiger charge is -2.56. The normalized spacial score (nSPS) is 29.4. The van der Waals surface area contributed by atoms with Crippen LogP contribution in [0.2, 0.25) is 0 Å². The Balaban J connectivity index is 1.97. The molecule has 1 aliphatic carbocycles. The fourth-order valence-electron chi connectivity index (χ4n) is 3.62. The third-order valence-corrected chi connectivity index (χ3v) is 5.10. The maximum atomic E-state index is 12.3. The molecule has 1 N–H and O–H groups in total. The van der Waals surface area contributed by atoms with Crippen molar-refractivity contribution in [3.05, 3.63) is 11.6 Å². The van der Waals surface area contributed by atoms with E-state index in [2.05, 4.69) is 0 Å². The van der Waals surface area contributed by atoms with Crippen LogP contribution in [0.4, 0.5) is 0 Å². The Morgan fingerprint density at radius 3 is 2.50 bits per heavy atom. The van der Waals surface area contributed by atoms with Crippen molar-refractivity contribution in [2.45, 2.75) is 58.7 Å². The van der Waals surface area contributed by atoms with Crippen molar-refractivity contribution in [3.8, 4) is 0 Å². The second-order valence-corrected chi connectivity index (χ2v) is 5.89. The van der Waals surface area contributed by atoms with E-state index >= 15 is 0 Å². The molecular weight excluding hydrogens is 254 g/mol. The van der Waals surface area contributed by atoms with Gasteiger partial charge in [0.25, 0.3) is 0 Å². The Bertz CT molecular complexity index is 381. The van der Waals surface area contributed by atoms with Crippen molar-refractivity contribution < 1.29 is 14.6 Å². The average Bonchev–Trinajstić information content (AvgIpc) is 2.48. The molecule has 20 heavy (non-hydrogen) atoms. The van der Waals surface area contributed by atoms with Crippen LogP contribution in [0.1, 0.15) is 46.5 Å². The minimum absolute atomic E-state index is 0.102. The van der Waals surface area contributed by atoms with Gasteiger partial charge in [-0.2, -0.15) is 0 Å². The first kappa shape index (κ1) is 15.5. The number of nitrogens with zero attached hydrogens (tertiary/aromatic N) is 1. The fraction of sp³-hybridized carbons (Fsp3) is 0.812. The molecule has 114 valence electrons. The van der Waals surface area contributed by atoms with Crippen LogP contribution >= 0.6 is 0 Å². The molecule has 2 rings (SSSR count). The molecule has 1 saturated heterocycles. The zero-order chi connectivity index (χ0) is 14.8. The van der Waals surface area contributed by atoms with Crippen LogP contribution in [-0.4, -0.2) is 47.8 Å². The molecule has 0 radical (unpaired) electrons. The molecule has 2 atom stereocenters. The van der Waals surface area contributed by atoms with Crippen LogP contribution < -0.4 is 0 Å². The first-order valence-electron chi connectivity index (χ1n) is 7.83. The first-order chi connectivity index (χ1) is 9.58. The predicted molar refractivity (Wildman–Crippen MR) is 78.3 cm³/mol. The molecule has 1 saturated carbocycles. The highest BCUT2D eigenvalue weighted by Gasteiger charge is 2.56. The summed E-state index contributed by atoms with van der Waals surface area (Å²) in [7, 11) is 0. The number of aliphatic hydroxyl groups excluding tert-OH is 1. The van der Waals surface area contributed by atoms with Crippen molar-refractivity contribution in [3.63, 3.8) is 0 Å². The highest BCUT2D eigenvalue weighted by atomic mass is 16.5. The van der Waals surface area contributed by atoms with E-state index in [0.717, 1.165) is 44.3 Å². The van der Waals surface area contributed by atoms with E-state index in [1.807, 2.05) is 31.7 Å². The molecule has 2 aliphatic rings. The summed E-state index contributed by atoms with van der Waals surface area (Å²) in [5.74, 6) is 0.159. The van der Waals surface area contributed by atoms with Crippen LogP contribution in [-0.2, 0) is 9.53 Å². The lowest BCUT2D eigenvalue weighted by Crippen LogP contribution is -2.62. The van der Waals surface area contributed by atoms with Gasteiger partial charge in [0, 0.05) is 37.1 Å². The number of hydrogen-bond donors (Lipinski definition) is 1. The van der Waals surface area contributed by atoms with Gasteiger partial charge in [-0.25, -0.2) is 0 Å². The number of amides is 1. The Morgan fingerprint density at radius 1 is 1.40 bits per heavy atom. The Morgan fingerprint density at radius 2 is 2.05 bits per heavy atom. The lowest BCUT2D eigenvalue weighted by atomic mass is 9.58. The number of hydrogen-bond acceptors (Lipinski definition) is 3. The molecule has 1 aliphatic heterocycles. The summed E-state index contributed by atoms with van der Waals surface area (Å²) in [5, 5.41) is 10.2. The molecule has 4 heteroatoms. The molecule has 0 aromatic rings. The quantitative estimate of drug-likeness (QED) is 0.803. The van der Waals surface area contributed by atoms with Crippen LogP contribution in [0.3, 0.4) is 0 Å². The second-order valence-electron chi connectivity index (χ2n) is 5.89. The van der Waals surface area contributed by atoms with E-state index in [4.69, 9.17) is 4.74 Å². The maximum Gasteiger partial charge on any atom is 0.249 e. The van der Waals surface area contributed by atoms with Crippen molar-refractivity contribution in [1.82, 2.24) is 4.90 Å². The first-order valence-corrected chi connectivity index (χ1v) is 7.83. The minimum Gasteiger partial charge on any atom is -0.392 e. The number of carbonyl (C=O) groups excluding carboxylic acids is 1. The highest BCUT2D eigenvalue weighted by Crippen LogP contribution is 2.51. The Hall–Kier alpha value is -0.870. The van der Waals surface area contributed by atoms with Crippen LogP contribution in [0.15, 0.2) is 11.6 Å². The molecule has 1 spiro atoms. The number of allylic oxidation sites excluding steroid dienone is 1. The van der Waals surface area contributed by atoms with Crippen LogP contribution in [0, 0.1) is 5.41 Å². The zero-order valence-corrected chi connectivity index (χ0v) is 12.9. The summed E-state index contributed by atoms with van der Waals surface area (Å²) in [6.07, 6.45) is 5.05. The smallest absolute Gasteiger partial charge is 0.249 e. The van der Waals surface area contributed by atoms with E-state index in [1.54, 1.807) is 0 Å². The molecule has 0 aromatic carbocycles. The third kappa shape index (κ3) is 2.51. The van der Waals surface area contributed by atoms with Crippen molar-refractivity contribution in [2.75, 3.05) is 19.7 Å². The standard InChI is InChI=1S/C16H27NO3/c1-4-12(5-2)15(19)17-9-7-16(8-10-17)13(18)11-14(16)20-6-3/h4,13-14,18H,5-11H2,1-3H3/b12-4+/t13-,14+/m1/s1. The largest absolute Gasteiger partial charge is 0.392 e. The van der Waals surface area contributed by atoms with Crippen molar-refractivity contribution in [1.29, 1.82) is 0 Å². The third-order valence-electron chi connectivity index (χ3n) is 5.10. The van der Waals surface area contributed by atoms with E-state index in [1.165, 1.54) is 0 Å². The number of piperidine rings is 1. The summed E-state index contributed by atoms with van der Waals surface area (Å²) < 4.78 is 5.75. The monoisotopic (exact) mass is 281 g/mol. The summed E-state index contributed by atoms with van der Waals surface area (Å²) in [4.78, 5) is 14.3. The number of aliphatic hydroxyl groups is 1. The van der Waals surface area contributed by atoms with E-state index in [0.29, 0.717) is 6.61 Å². The number of carbonyl (C=O) groups is 1. The van der Waals surface area contributed by atoms with Gasteiger partial charge in [0.1, 0.15) is 0 Å². The predicted octanol–water partition coefficient (Wildman–Crippen LogP) is 2.12. The average molecular weight is 281 g/mol. The maximum absolute atomic E-state index is 12.3. The number of likely N-dealkylation sites (tertiary alicyclic amines) is 1. The van der Waals surface area contributed by atoms with Gasteiger partial charge in [-0.05, 0) is 33.1 Å². The van der Waals surface area contributed by atoms with Gasteiger partial charge in [-0.1, -0.05) is 13.0 Å². The lowest BCUT2D eigenvalue weighted by molar-refractivity contribution is -0.209. The summed E-state index contributed by atoms with van der Waals surface area (Å²) >= 11 is 0. The van der Waals surface area contributed by atoms with E-state index in [9.17, 15) is 9.90 Å². The van der Waals surface area contributed by atoms with Gasteiger partial charge in [0.05, 0.1) is 12.2 Å². The molecule has 1 heterocycles. The minimum atomic E-state index is -0.260. The molecule has 1 amide bonds. The highest BCUT2D eigenvalue weighted by molar-refractivity contribution is 5.93. The Labute approximate surface area is 121 Å². The molecule has 0 unspecified atom stereocenters. The van der Waals surface area contributed by atoms with E-state index in [-0.39, 0.29) is 23.5 Å². The molecule has 0 aromatic heterocycles. The SMILES string of the molecule is C/C=C(\CC)C(=O)N1CCC2(CC1)[C@H](O)C[C@@H]2OCC. The number of rotatable bonds is 4. The summed E-state index contributed by atoms with van der Waals surface area (Å²) in [6, 6.07) is 0. The van der Waals surface area contributed by atoms with Gasteiger partial charge in [-0.15, -0.1) is 0 Å². The van der Waals surface area contributed by atoms with Gasteiger partial charge in [0.2, 0.25) is 5.91 Å². The van der Waals surface area contributed by atoms with Crippen LogP contribution in [0.5, 0.6) is 0 Å². The fourth-order valence-corrected chi connectivity index (χ4v) is 3.62. The zero-order valence-electron chi connectivity index (χ0n) is 12.9. The molecule has 2 fully saturated rings. The van der Waals surface area contributed by atoms with Gasteiger partial charge in [-0.3, -0.25) is 4.79 Å². The molecule has 4 nitrogen and oxygen atoms in total. The van der Waals surface area contributed by atoms with Crippen molar-refractivity contribution in [2.24, 2.45) is 5.41 Å². The topological polar surface area (TPSA) is 49.8 Å². The summed E-state index contributed by atoms with van der Waals surface area (Å²) in [6.45, 7) is 8.09. The van der Waals surface area contributed by atoms with Gasteiger partial charge in [0.15, 0.2) is 0 Å². The summed E-state index contributed by atoms with van der Waals surface area (Å²) in [5.41, 5.74) is 0.784. The van der Waals surface area contributed by atoms with E-state index < -0.39 is 0 Å². The Kier molecular flexibility index (Phi) is 4.86. The van der Waals surface area contributed by atoms with Gasteiger partial charge < -0.3 is 14.7 Å². The van der Waals surface area contributed by atoms with Gasteiger partial charge >= 0.3 is 0 Å². The molecule has 0 bridgehead atoms. The van der Waals surface area contributed by atoms with Crippen LogP contribution in [0.25, 0.3) is 0 Å². The molecular formula is C16H27NO3. The number of ether oxygens (including phenoxy) is 1.